The fourth-order valence-electron chi connectivity index (χ4n) is 10.0. The molecular weight excluding hydrogens is 801 g/mol. The van der Waals surface area contributed by atoms with Gasteiger partial charge in [-0.2, -0.15) is 0 Å². The lowest BCUT2D eigenvalue weighted by atomic mass is 9.94. The first-order valence-electron chi connectivity index (χ1n) is 22.7. The predicted octanol–water partition coefficient (Wildman–Crippen LogP) is 17.1. The molecule has 12 aromatic rings. The van der Waals surface area contributed by atoms with Crippen molar-refractivity contribution in [1.82, 2.24) is 9.13 Å². The Balaban J connectivity index is 1.00. The van der Waals surface area contributed by atoms with E-state index in [-0.39, 0.29) is 0 Å². The SMILES string of the molecule is Cc1ccc(N(c2ccccc2)c2ccc3c(c2)c2ccccc2n3-c2ccccc2)cc1-c1cc(N(c2ccccc2)c2ccc3c(c2)c2ccccc2n3-c2ccccc2)ccc1C. The largest absolute Gasteiger partial charge is 0.310 e. The third-order valence-electron chi connectivity index (χ3n) is 13.1. The van der Waals surface area contributed by atoms with Crippen molar-refractivity contribution in [2.45, 2.75) is 13.8 Å². The molecule has 0 aliphatic carbocycles. The molecule has 0 bridgehead atoms. The number of rotatable bonds is 9. The monoisotopic (exact) mass is 846 g/mol. The van der Waals surface area contributed by atoms with Crippen molar-refractivity contribution < 1.29 is 0 Å². The second-order valence-corrected chi connectivity index (χ2v) is 17.1. The van der Waals surface area contributed by atoms with Gasteiger partial charge in [0.1, 0.15) is 0 Å². The van der Waals surface area contributed by atoms with Crippen molar-refractivity contribution in [1.29, 1.82) is 0 Å². The zero-order valence-electron chi connectivity index (χ0n) is 36.9. The number of hydrogen-bond acceptors (Lipinski definition) is 2. The fraction of sp³-hybridized carbons (Fsp3) is 0.0323. The van der Waals surface area contributed by atoms with Gasteiger partial charge in [0.25, 0.3) is 0 Å². The molecular formula is C62H46N4. The van der Waals surface area contributed by atoms with Crippen LogP contribution >= 0.6 is 0 Å². The van der Waals surface area contributed by atoms with E-state index in [0.717, 1.165) is 45.5 Å². The fourth-order valence-corrected chi connectivity index (χ4v) is 10.0. The summed E-state index contributed by atoms with van der Waals surface area (Å²) < 4.78 is 4.75. The van der Waals surface area contributed by atoms with Gasteiger partial charge in [-0.25, -0.2) is 0 Å². The Kier molecular flexibility index (Phi) is 9.57. The molecule has 12 rings (SSSR count). The first kappa shape index (κ1) is 39.0. The second kappa shape index (κ2) is 16.2. The highest BCUT2D eigenvalue weighted by molar-refractivity contribution is 6.12. The van der Waals surface area contributed by atoms with Crippen molar-refractivity contribution in [3.05, 3.63) is 254 Å². The van der Waals surface area contributed by atoms with E-state index in [1.54, 1.807) is 0 Å². The van der Waals surface area contributed by atoms with E-state index in [1.807, 2.05) is 0 Å². The zero-order chi connectivity index (χ0) is 44.1. The molecule has 10 aromatic carbocycles. The Labute approximate surface area is 385 Å². The lowest BCUT2D eigenvalue weighted by Gasteiger charge is -2.28. The normalized spacial score (nSPS) is 11.5. The van der Waals surface area contributed by atoms with Gasteiger partial charge in [-0.05, 0) is 157 Å². The first-order valence-corrected chi connectivity index (χ1v) is 22.7. The lowest BCUT2D eigenvalue weighted by Crippen LogP contribution is -2.11. The Morgan fingerprint density at radius 1 is 0.258 bits per heavy atom. The maximum absolute atomic E-state index is 2.40. The minimum atomic E-state index is 1.10. The van der Waals surface area contributed by atoms with E-state index in [9.17, 15) is 0 Å². The Bertz CT molecular complexity index is 3470. The van der Waals surface area contributed by atoms with Crippen LogP contribution < -0.4 is 9.80 Å². The van der Waals surface area contributed by atoms with E-state index >= 15 is 0 Å². The Morgan fingerprint density at radius 2 is 0.576 bits per heavy atom. The van der Waals surface area contributed by atoms with Crippen LogP contribution in [-0.2, 0) is 0 Å². The van der Waals surface area contributed by atoms with Crippen LogP contribution in [0.2, 0.25) is 0 Å². The average Bonchev–Trinajstić information content (AvgIpc) is 3.89. The van der Waals surface area contributed by atoms with Crippen molar-refractivity contribution in [3.8, 4) is 22.5 Å². The van der Waals surface area contributed by atoms with Gasteiger partial charge in [-0.3, -0.25) is 0 Å². The number of nitrogens with zero attached hydrogens (tertiary/aromatic N) is 4. The van der Waals surface area contributed by atoms with Crippen LogP contribution in [0, 0.1) is 13.8 Å². The number of hydrogen-bond donors (Lipinski definition) is 0. The third-order valence-corrected chi connectivity index (χ3v) is 13.1. The van der Waals surface area contributed by atoms with E-state index in [0.29, 0.717) is 0 Å². The molecule has 0 amide bonds. The van der Waals surface area contributed by atoms with E-state index < -0.39 is 0 Å². The van der Waals surface area contributed by atoms with Crippen molar-refractivity contribution in [3.63, 3.8) is 0 Å². The highest BCUT2D eigenvalue weighted by atomic mass is 15.1. The van der Waals surface area contributed by atoms with Crippen molar-refractivity contribution >= 4 is 77.7 Å². The van der Waals surface area contributed by atoms with E-state index in [1.165, 1.54) is 65.9 Å². The average molecular weight is 847 g/mol. The molecule has 4 heteroatoms. The summed E-state index contributed by atoms with van der Waals surface area (Å²) in [5.41, 5.74) is 18.5. The number of aryl methyl sites for hydroxylation is 2. The summed E-state index contributed by atoms with van der Waals surface area (Å²) in [7, 11) is 0. The molecule has 2 aromatic heterocycles. The molecule has 0 saturated carbocycles. The third kappa shape index (κ3) is 6.62. The number of anilines is 6. The summed E-state index contributed by atoms with van der Waals surface area (Å²) in [4.78, 5) is 4.79. The maximum atomic E-state index is 2.40. The summed E-state index contributed by atoms with van der Waals surface area (Å²) in [5, 5.41) is 4.89. The first-order chi connectivity index (χ1) is 32.6. The van der Waals surface area contributed by atoms with Gasteiger partial charge in [0.05, 0.1) is 22.1 Å². The molecule has 0 unspecified atom stereocenters. The molecule has 66 heavy (non-hydrogen) atoms. The summed E-state index contributed by atoms with van der Waals surface area (Å²) in [6.07, 6.45) is 0. The minimum absolute atomic E-state index is 1.10. The zero-order valence-corrected chi connectivity index (χ0v) is 36.9. The second-order valence-electron chi connectivity index (χ2n) is 17.1. The molecule has 0 spiro atoms. The van der Waals surface area contributed by atoms with E-state index in [2.05, 4.69) is 275 Å². The molecule has 0 N–H and O–H groups in total. The molecule has 4 nitrogen and oxygen atoms in total. The van der Waals surface area contributed by atoms with Gasteiger partial charge >= 0.3 is 0 Å². The minimum Gasteiger partial charge on any atom is -0.310 e. The molecule has 0 aliphatic heterocycles. The summed E-state index contributed by atoms with van der Waals surface area (Å²) in [5.74, 6) is 0. The predicted molar refractivity (Wildman–Crippen MR) is 279 cm³/mol. The molecule has 2 heterocycles. The van der Waals surface area contributed by atoms with Gasteiger partial charge in [-0.1, -0.05) is 121 Å². The summed E-state index contributed by atoms with van der Waals surface area (Å²) in [6.45, 7) is 4.46. The molecule has 0 fully saturated rings. The van der Waals surface area contributed by atoms with Crippen LogP contribution in [0.25, 0.3) is 66.1 Å². The molecule has 0 atom stereocenters. The number of benzene rings is 10. The standard InChI is InChI=1S/C62H46N4/c1-43-31-33-49(63(45-19-7-3-8-20-45)51-35-37-61-57(41-51)53-27-15-17-29-59(53)65(61)47-23-11-5-12-24-47)39-55(43)56-40-50(34-32-44(56)2)64(46-21-9-4-10-22-46)52-36-38-62-58(42-52)54-28-16-18-30-60(54)66(62)48-25-13-6-14-26-48/h3-42H,1-2H3. The number of aromatic nitrogens is 2. The van der Waals surface area contributed by atoms with Gasteiger partial charge < -0.3 is 18.9 Å². The van der Waals surface area contributed by atoms with Crippen LogP contribution in [0.3, 0.4) is 0 Å². The molecule has 0 aliphatic rings. The summed E-state index contributed by atoms with van der Waals surface area (Å²) in [6, 6.07) is 88.0. The maximum Gasteiger partial charge on any atom is 0.0542 e. The van der Waals surface area contributed by atoms with Gasteiger partial charge in [-0.15, -0.1) is 0 Å². The van der Waals surface area contributed by atoms with Gasteiger partial charge in [0, 0.05) is 67.0 Å². The van der Waals surface area contributed by atoms with Crippen LogP contribution in [0.1, 0.15) is 11.1 Å². The van der Waals surface area contributed by atoms with Crippen LogP contribution in [0.5, 0.6) is 0 Å². The topological polar surface area (TPSA) is 16.3 Å². The van der Waals surface area contributed by atoms with E-state index in [4.69, 9.17) is 0 Å². The molecule has 314 valence electrons. The molecule has 0 radical (unpaired) electrons. The number of fused-ring (bicyclic) bond motifs is 6. The number of para-hydroxylation sites is 6. The van der Waals surface area contributed by atoms with Gasteiger partial charge in [0.15, 0.2) is 0 Å². The summed E-state index contributed by atoms with van der Waals surface area (Å²) >= 11 is 0. The molecule has 0 saturated heterocycles. The van der Waals surface area contributed by atoms with Crippen LogP contribution in [0.4, 0.5) is 34.1 Å². The highest BCUT2D eigenvalue weighted by Crippen LogP contribution is 2.44. The Morgan fingerprint density at radius 3 is 0.985 bits per heavy atom. The lowest BCUT2D eigenvalue weighted by molar-refractivity contribution is 1.18. The van der Waals surface area contributed by atoms with Gasteiger partial charge in [0.2, 0.25) is 0 Å². The smallest absolute Gasteiger partial charge is 0.0542 e. The highest BCUT2D eigenvalue weighted by Gasteiger charge is 2.21. The Hall–Kier alpha value is -8.60. The van der Waals surface area contributed by atoms with Crippen LogP contribution in [-0.4, -0.2) is 9.13 Å². The van der Waals surface area contributed by atoms with Crippen molar-refractivity contribution in [2.75, 3.05) is 9.80 Å². The van der Waals surface area contributed by atoms with Crippen LogP contribution in [0.15, 0.2) is 243 Å². The van der Waals surface area contributed by atoms with Crippen molar-refractivity contribution in [2.24, 2.45) is 0 Å². The quantitative estimate of drug-likeness (QED) is 0.144.